The molecule has 32 heavy (non-hydrogen) atoms. The van der Waals surface area contributed by atoms with Gasteiger partial charge in [-0.1, -0.05) is 0 Å². The number of rotatable bonds is 4. The number of nitrogens with zero attached hydrogens (tertiary/aromatic N) is 1. The van der Waals surface area contributed by atoms with Crippen LogP contribution in [0.3, 0.4) is 0 Å². The van der Waals surface area contributed by atoms with E-state index in [1.165, 1.54) is 24.4 Å². The van der Waals surface area contributed by atoms with E-state index in [0.29, 0.717) is 34.5 Å². The fourth-order valence-corrected chi connectivity index (χ4v) is 3.02. The Kier molecular flexibility index (Phi) is 5.35. The Bertz CT molecular complexity index is 1370. The molecule has 4 rings (SSSR count). The van der Waals surface area contributed by atoms with E-state index < -0.39 is 23.5 Å². The minimum Gasteiger partial charge on any atom is -0.355 e. The number of fused-ring (bicyclic) bond motifs is 1. The van der Waals surface area contributed by atoms with Crippen LogP contribution in [-0.4, -0.2) is 15.9 Å². The highest BCUT2D eigenvalue weighted by atomic mass is 19.4. The molecule has 2 aromatic carbocycles. The molecule has 2 aromatic heterocycles. The SMILES string of the molecule is O=C(Nc1ccc(C(F)(F)F)cc1F)c1ccc(Nc2ccnc3[nH]c(=O)ccc23)cc1. The fraction of sp³-hybridized carbons (Fsp3) is 0.0455. The number of pyridine rings is 2. The van der Waals surface area contributed by atoms with Gasteiger partial charge in [-0.15, -0.1) is 0 Å². The van der Waals surface area contributed by atoms with Gasteiger partial charge in [0.2, 0.25) is 5.56 Å². The van der Waals surface area contributed by atoms with Crippen LogP contribution in [0.4, 0.5) is 34.6 Å². The van der Waals surface area contributed by atoms with Gasteiger partial charge in [0.05, 0.1) is 16.9 Å². The number of amides is 1. The second-order valence-electron chi connectivity index (χ2n) is 6.79. The molecular formula is C22H14F4N4O2. The monoisotopic (exact) mass is 442 g/mol. The number of benzene rings is 2. The van der Waals surface area contributed by atoms with Crippen molar-refractivity contribution in [1.29, 1.82) is 0 Å². The van der Waals surface area contributed by atoms with Gasteiger partial charge in [-0.05, 0) is 54.6 Å². The first kappa shape index (κ1) is 21.0. The molecule has 0 spiro atoms. The van der Waals surface area contributed by atoms with Crippen LogP contribution in [0.2, 0.25) is 0 Å². The van der Waals surface area contributed by atoms with Gasteiger partial charge in [-0.3, -0.25) is 9.59 Å². The molecule has 6 nitrogen and oxygen atoms in total. The van der Waals surface area contributed by atoms with E-state index in [-0.39, 0.29) is 16.8 Å². The molecule has 2 heterocycles. The summed E-state index contributed by atoms with van der Waals surface area (Å²) in [6.07, 6.45) is -3.15. The Labute approximate surface area is 177 Å². The largest absolute Gasteiger partial charge is 0.416 e. The van der Waals surface area contributed by atoms with Crippen molar-refractivity contribution in [2.75, 3.05) is 10.6 Å². The first-order valence-corrected chi connectivity index (χ1v) is 9.24. The Morgan fingerprint density at radius 1 is 0.938 bits per heavy atom. The number of hydrogen-bond acceptors (Lipinski definition) is 4. The summed E-state index contributed by atoms with van der Waals surface area (Å²) in [5.41, 5.74) is 0.118. The summed E-state index contributed by atoms with van der Waals surface area (Å²) < 4.78 is 51.9. The molecular weight excluding hydrogens is 428 g/mol. The third-order valence-electron chi connectivity index (χ3n) is 4.60. The number of hydrogen-bond donors (Lipinski definition) is 3. The van der Waals surface area contributed by atoms with Crippen LogP contribution in [0, 0.1) is 5.82 Å². The van der Waals surface area contributed by atoms with Crippen LogP contribution < -0.4 is 16.2 Å². The second-order valence-corrected chi connectivity index (χ2v) is 6.79. The lowest BCUT2D eigenvalue weighted by Crippen LogP contribution is -2.14. The highest BCUT2D eigenvalue weighted by Crippen LogP contribution is 2.31. The average molecular weight is 442 g/mol. The number of anilines is 3. The van der Waals surface area contributed by atoms with Crippen molar-refractivity contribution >= 4 is 34.0 Å². The van der Waals surface area contributed by atoms with Gasteiger partial charge in [-0.25, -0.2) is 9.37 Å². The summed E-state index contributed by atoms with van der Waals surface area (Å²) in [5.74, 6) is -1.86. The Morgan fingerprint density at radius 2 is 1.69 bits per heavy atom. The maximum absolute atomic E-state index is 14.0. The number of H-pyrrole nitrogens is 1. The number of carbonyl (C=O) groups is 1. The molecule has 0 atom stereocenters. The van der Waals surface area contributed by atoms with E-state index in [4.69, 9.17) is 0 Å². The third-order valence-corrected chi connectivity index (χ3v) is 4.60. The highest BCUT2D eigenvalue weighted by molar-refractivity contribution is 6.04. The van der Waals surface area contributed by atoms with Crippen LogP contribution in [0.1, 0.15) is 15.9 Å². The van der Waals surface area contributed by atoms with Gasteiger partial charge in [0.1, 0.15) is 11.5 Å². The summed E-state index contributed by atoms with van der Waals surface area (Å²) in [5, 5.41) is 6.10. The molecule has 0 saturated carbocycles. The predicted molar refractivity (Wildman–Crippen MR) is 111 cm³/mol. The van der Waals surface area contributed by atoms with Crippen LogP contribution >= 0.6 is 0 Å². The number of alkyl halides is 3. The van der Waals surface area contributed by atoms with Gasteiger partial charge in [-0.2, -0.15) is 13.2 Å². The first-order valence-electron chi connectivity index (χ1n) is 9.24. The number of halogens is 4. The van der Waals surface area contributed by atoms with E-state index >= 15 is 0 Å². The van der Waals surface area contributed by atoms with Gasteiger partial charge >= 0.3 is 6.18 Å². The van der Waals surface area contributed by atoms with Crippen LogP contribution in [0.15, 0.2) is 71.7 Å². The molecule has 0 aliphatic heterocycles. The zero-order valence-corrected chi connectivity index (χ0v) is 16.1. The molecule has 0 aliphatic rings. The van der Waals surface area contributed by atoms with Crippen molar-refractivity contribution in [3.8, 4) is 0 Å². The Balaban J connectivity index is 1.50. The smallest absolute Gasteiger partial charge is 0.355 e. The minimum atomic E-state index is -4.68. The summed E-state index contributed by atoms with van der Waals surface area (Å²) in [7, 11) is 0. The lowest BCUT2D eigenvalue weighted by atomic mass is 10.1. The lowest BCUT2D eigenvalue weighted by molar-refractivity contribution is -0.137. The molecule has 3 N–H and O–H groups in total. The Morgan fingerprint density at radius 3 is 2.38 bits per heavy atom. The molecule has 0 aliphatic carbocycles. The number of carbonyl (C=O) groups excluding carboxylic acids is 1. The van der Waals surface area contributed by atoms with Crippen molar-refractivity contribution in [1.82, 2.24) is 9.97 Å². The van der Waals surface area contributed by atoms with E-state index in [1.54, 1.807) is 24.3 Å². The van der Waals surface area contributed by atoms with E-state index in [0.717, 1.165) is 6.07 Å². The summed E-state index contributed by atoms with van der Waals surface area (Å²) in [6, 6.07) is 12.8. The van der Waals surface area contributed by atoms with Crippen LogP contribution in [0.25, 0.3) is 11.0 Å². The van der Waals surface area contributed by atoms with Crippen LogP contribution in [-0.2, 0) is 6.18 Å². The normalized spacial score (nSPS) is 11.4. The fourth-order valence-electron chi connectivity index (χ4n) is 3.02. The van der Waals surface area contributed by atoms with Crippen molar-refractivity contribution in [3.63, 3.8) is 0 Å². The van der Waals surface area contributed by atoms with E-state index in [9.17, 15) is 27.2 Å². The number of nitrogens with one attached hydrogen (secondary N) is 3. The maximum atomic E-state index is 14.0. The lowest BCUT2D eigenvalue weighted by Gasteiger charge is -2.11. The third kappa shape index (κ3) is 4.43. The molecule has 0 saturated heterocycles. The summed E-state index contributed by atoms with van der Waals surface area (Å²) >= 11 is 0. The van der Waals surface area contributed by atoms with Crippen LogP contribution in [0.5, 0.6) is 0 Å². The zero-order chi connectivity index (χ0) is 22.9. The highest BCUT2D eigenvalue weighted by Gasteiger charge is 2.31. The van der Waals surface area contributed by atoms with Gasteiger partial charge in [0.15, 0.2) is 0 Å². The van der Waals surface area contributed by atoms with Gasteiger partial charge < -0.3 is 15.6 Å². The van der Waals surface area contributed by atoms with Gasteiger partial charge in [0, 0.05) is 28.9 Å². The van der Waals surface area contributed by atoms with Crippen molar-refractivity contribution in [2.45, 2.75) is 6.18 Å². The van der Waals surface area contributed by atoms with Crippen molar-refractivity contribution in [2.24, 2.45) is 0 Å². The molecule has 0 bridgehead atoms. The quantitative estimate of drug-likeness (QED) is 0.385. The molecule has 0 fully saturated rings. The maximum Gasteiger partial charge on any atom is 0.416 e. The first-order chi connectivity index (χ1) is 15.2. The van der Waals surface area contributed by atoms with Crippen molar-refractivity contribution in [3.05, 3.63) is 94.2 Å². The molecule has 1 amide bonds. The van der Waals surface area contributed by atoms with E-state index in [2.05, 4.69) is 20.6 Å². The summed E-state index contributed by atoms with van der Waals surface area (Å²) in [6.45, 7) is 0. The second kappa shape index (κ2) is 8.14. The predicted octanol–water partition coefficient (Wildman–Crippen LogP) is 5.08. The topological polar surface area (TPSA) is 86.9 Å². The minimum absolute atomic E-state index is 0.179. The zero-order valence-electron chi connectivity index (χ0n) is 16.1. The molecule has 0 radical (unpaired) electrons. The Hall–Kier alpha value is -4.21. The number of aromatic nitrogens is 2. The van der Waals surface area contributed by atoms with Gasteiger partial charge in [0.25, 0.3) is 5.91 Å². The standard InChI is InChI=1S/C22H14F4N4O2/c23-16-11-13(22(24,25)26)3-7-18(16)29-21(32)12-1-4-14(5-2-12)28-17-9-10-27-20-15(17)6-8-19(31)30-20/h1-11H,(H,29,32)(H2,27,28,30,31). The average Bonchev–Trinajstić information content (AvgIpc) is 2.75. The molecule has 0 unspecified atom stereocenters. The molecule has 4 aromatic rings. The molecule has 162 valence electrons. The van der Waals surface area contributed by atoms with E-state index in [1.807, 2.05) is 0 Å². The summed E-state index contributed by atoms with van der Waals surface area (Å²) in [4.78, 5) is 30.5. The molecule has 10 heteroatoms. The number of aromatic amines is 1. The van der Waals surface area contributed by atoms with Crippen molar-refractivity contribution < 1.29 is 22.4 Å².